The van der Waals surface area contributed by atoms with E-state index < -0.39 is 6.03 Å². The minimum absolute atomic E-state index is 0.132. The number of imidazole rings is 1. The van der Waals surface area contributed by atoms with E-state index >= 15 is 0 Å². The van der Waals surface area contributed by atoms with Crippen molar-refractivity contribution in [3.05, 3.63) is 52.4 Å². The summed E-state index contributed by atoms with van der Waals surface area (Å²) in [4.78, 5) is 39.1. The lowest BCUT2D eigenvalue weighted by atomic mass is 10.1. The highest BCUT2D eigenvalue weighted by molar-refractivity contribution is 6.04. The van der Waals surface area contributed by atoms with Gasteiger partial charge in [-0.2, -0.15) is 0 Å². The number of aromatic nitrogens is 2. The van der Waals surface area contributed by atoms with Crippen molar-refractivity contribution in [3.8, 4) is 0 Å². The highest BCUT2D eigenvalue weighted by Gasteiger charge is 2.20. The predicted molar refractivity (Wildman–Crippen MR) is 131 cm³/mol. The molecule has 0 bridgehead atoms. The van der Waals surface area contributed by atoms with E-state index in [-0.39, 0.29) is 18.1 Å². The van der Waals surface area contributed by atoms with E-state index in [1.54, 1.807) is 54.4 Å². The van der Waals surface area contributed by atoms with Gasteiger partial charge in [-0.3, -0.25) is 13.9 Å². The number of esters is 1. The summed E-state index contributed by atoms with van der Waals surface area (Å²) in [5.74, 6) is -0.290. The molecule has 2 amide bonds. The summed E-state index contributed by atoms with van der Waals surface area (Å²) < 4.78 is 13.6. The number of urea groups is 1. The van der Waals surface area contributed by atoms with Crippen molar-refractivity contribution < 1.29 is 19.1 Å². The summed E-state index contributed by atoms with van der Waals surface area (Å²) in [6, 6.07) is 10.4. The number of amides is 2. The van der Waals surface area contributed by atoms with Crippen LogP contribution in [0.15, 0.2) is 41.2 Å². The average Bonchev–Trinajstić information content (AvgIpc) is 3.04. The summed E-state index contributed by atoms with van der Waals surface area (Å²) in [5.41, 5.74) is 4.21. The lowest BCUT2D eigenvalue weighted by molar-refractivity contribution is -0.142. The second-order valence-electron chi connectivity index (χ2n) is 8.12. The third-order valence-corrected chi connectivity index (χ3v) is 5.86. The number of anilines is 3. The maximum atomic E-state index is 12.8. The number of nitrogens with one attached hydrogen (secondary N) is 2. The van der Waals surface area contributed by atoms with Crippen molar-refractivity contribution in [3.63, 3.8) is 0 Å². The molecule has 3 aromatic rings. The Balaban J connectivity index is 1.55. The van der Waals surface area contributed by atoms with E-state index in [0.29, 0.717) is 44.3 Å². The van der Waals surface area contributed by atoms with Crippen molar-refractivity contribution in [1.82, 2.24) is 9.13 Å². The molecule has 0 unspecified atom stereocenters. The van der Waals surface area contributed by atoms with Crippen LogP contribution in [0.4, 0.5) is 21.9 Å². The first-order chi connectivity index (χ1) is 16.4. The standard InChI is InChI=1S/C24H29N5O5/c1-4-34-22(30)13-16-5-7-17(8-6-16)25-23(31)26-18-14-20-21(28(3)24(32)27(20)2)15-19(18)29-9-11-33-12-10-29/h5-8,14-15H,4,9-13H2,1-3H3,(H2,25,26,31). The first kappa shape index (κ1) is 23.4. The number of ether oxygens (including phenoxy) is 2. The normalized spacial score (nSPS) is 13.7. The fourth-order valence-corrected chi connectivity index (χ4v) is 4.07. The molecule has 1 fully saturated rings. The van der Waals surface area contributed by atoms with Crippen molar-refractivity contribution in [2.75, 3.05) is 48.4 Å². The maximum absolute atomic E-state index is 12.8. The van der Waals surface area contributed by atoms with E-state index in [9.17, 15) is 14.4 Å². The highest BCUT2D eigenvalue weighted by Crippen LogP contribution is 2.32. The number of aryl methyl sites for hydroxylation is 2. The first-order valence-corrected chi connectivity index (χ1v) is 11.2. The molecule has 0 saturated carbocycles. The zero-order valence-electron chi connectivity index (χ0n) is 19.6. The van der Waals surface area contributed by atoms with Gasteiger partial charge in [-0.1, -0.05) is 12.1 Å². The Bertz CT molecular complexity index is 1260. The Morgan fingerprint density at radius 1 is 1.00 bits per heavy atom. The van der Waals surface area contributed by atoms with Crippen molar-refractivity contribution >= 4 is 40.1 Å². The Labute approximate surface area is 197 Å². The molecule has 180 valence electrons. The van der Waals surface area contributed by atoms with E-state index in [1.807, 2.05) is 12.1 Å². The molecule has 0 aliphatic carbocycles. The Morgan fingerprint density at radius 3 is 2.29 bits per heavy atom. The van der Waals surface area contributed by atoms with Crippen LogP contribution in [0.1, 0.15) is 12.5 Å². The lowest BCUT2D eigenvalue weighted by Crippen LogP contribution is -2.37. The zero-order valence-corrected chi connectivity index (χ0v) is 19.6. The molecule has 0 spiro atoms. The molecular weight excluding hydrogens is 438 g/mol. The number of hydrogen-bond acceptors (Lipinski definition) is 6. The van der Waals surface area contributed by atoms with Gasteiger partial charge < -0.3 is 25.0 Å². The number of fused-ring (bicyclic) bond motifs is 1. The number of hydrogen-bond donors (Lipinski definition) is 2. The Morgan fingerprint density at radius 2 is 1.65 bits per heavy atom. The number of rotatable bonds is 6. The Hall–Kier alpha value is -3.79. The number of benzene rings is 2. The van der Waals surface area contributed by atoms with Gasteiger partial charge in [0, 0.05) is 32.9 Å². The third-order valence-electron chi connectivity index (χ3n) is 5.86. The van der Waals surface area contributed by atoms with Gasteiger partial charge in [-0.05, 0) is 36.8 Å². The predicted octanol–water partition coefficient (Wildman–Crippen LogP) is 2.46. The molecule has 0 radical (unpaired) electrons. The van der Waals surface area contributed by atoms with Gasteiger partial charge in [0.05, 0.1) is 48.6 Å². The third kappa shape index (κ3) is 4.91. The molecule has 10 heteroatoms. The van der Waals surface area contributed by atoms with Gasteiger partial charge in [0.15, 0.2) is 0 Å². The van der Waals surface area contributed by atoms with Gasteiger partial charge in [-0.15, -0.1) is 0 Å². The molecule has 4 rings (SSSR count). The van der Waals surface area contributed by atoms with Gasteiger partial charge in [-0.25, -0.2) is 9.59 Å². The fraction of sp³-hybridized carbons (Fsp3) is 0.375. The smallest absolute Gasteiger partial charge is 0.328 e. The second-order valence-corrected chi connectivity index (χ2v) is 8.12. The average molecular weight is 468 g/mol. The maximum Gasteiger partial charge on any atom is 0.328 e. The number of carbonyl (C=O) groups excluding carboxylic acids is 2. The van der Waals surface area contributed by atoms with Gasteiger partial charge >= 0.3 is 17.7 Å². The SMILES string of the molecule is CCOC(=O)Cc1ccc(NC(=O)Nc2cc3c(cc2N2CCOCC2)n(C)c(=O)n3C)cc1. The van der Waals surface area contributed by atoms with Crippen molar-refractivity contribution in [1.29, 1.82) is 0 Å². The summed E-state index contributed by atoms with van der Waals surface area (Å²) in [6.45, 7) is 4.66. The molecule has 2 N–H and O–H groups in total. The number of nitrogens with zero attached hydrogens (tertiary/aromatic N) is 3. The van der Waals surface area contributed by atoms with Crippen LogP contribution in [-0.2, 0) is 34.8 Å². The molecule has 1 saturated heterocycles. The van der Waals surface area contributed by atoms with Crippen LogP contribution in [0, 0.1) is 0 Å². The molecular formula is C24H29N5O5. The number of carbonyl (C=O) groups is 2. The second kappa shape index (κ2) is 10.0. The van der Waals surface area contributed by atoms with Gasteiger partial charge in [0.1, 0.15) is 0 Å². The van der Waals surface area contributed by atoms with Crippen LogP contribution >= 0.6 is 0 Å². The summed E-state index contributed by atoms with van der Waals surface area (Å²) in [5, 5.41) is 5.76. The minimum Gasteiger partial charge on any atom is -0.466 e. The zero-order chi connectivity index (χ0) is 24.2. The molecule has 0 atom stereocenters. The van der Waals surface area contributed by atoms with Gasteiger partial charge in [0.25, 0.3) is 0 Å². The topological polar surface area (TPSA) is 107 Å². The van der Waals surface area contributed by atoms with Crippen LogP contribution in [0.2, 0.25) is 0 Å². The molecule has 2 aromatic carbocycles. The summed E-state index contributed by atoms with van der Waals surface area (Å²) in [6.07, 6.45) is 0.180. The molecule has 1 aliphatic rings. The lowest BCUT2D eigenvalue weighted by Gasteiger charge is -2.30. The van der Waals surface area contributed by atoms with E-state index in [4.69, 9.17) is 9.47 Å². The molecule has 34 heavy (non-hydrogen) atoms. The van der Waals surface area contributed by atoms with Crippen LogP contribution in [0.3, 0.4) is 0 Å². The minimum atomic E-state index is -0.409. The monoisotopic (exact) mass is 467 g/mol. The van der Waals surface area contributed by atoms with Crippen molar-refractivity contribution in [2.45, 2.75) is 13.3 Å². The summed E-state index contributed by atoms with van der Waals surface area (Å²) in [7, 11) is 3.44. The van der Waals surface area contributed by atoms with E-state index in [1.165, 1.54) is 0 Å². The number of morpholine rings is 1. The van der Waals surface area contributed by atoms with E-state index in [2.05, 4.69) is 15.5 Å². The Kier molecular flexibility index (Phi) is 6.87. The molecule has 1 aromatic heterocycles. The van der Waals surface area contributed by atoms with Crippen LogP contribution < -0.4 is 21.2 Å². The quantitative estimate of drug-likeness (QED) is 0.540. The fourth-order valence-electron chi connectivity index (χ4n) is 4.07. The van der Waals surface area contributed by atoms with Crippen LogP contribution in [0.5, 0.6) is 0 Å². The van der Waals surface area contributed by atoms with Gasteiger partial charge in [0.2, 0.25) is 0 Å². The first-order valence-electron chi connectivity index (χ1n) is 11.2. The molecule has 1 aliphatic heterocycles. The summed E-state index contributed by atoms with van der Waals surface area (Å²) >= 11 is 0. The van der Waals surface area contributed by atoms with Crippen LogP contribution in [-0.4, -0.2) is 54.0 Å². The van der Waals surface area contributed by atoms with E-state index in [0.717, 1.165) is 22.3 Å². The van der Waals surface area contributed by atoms with Crippen molar-refractivity contribution in [2.24, 2.45) is 14.1 Å². The largest absolute Gasteiger partial charge is 0.466 e. The van der Waals surface area contributed by atoms with Crippen LogP contribution in [0.25, 0.3) is 11.0 Å². The molecule has 10 nitrogen and oxygen atoms in total. The molecule has 2 heterocycles. The highest BCUT2D eigenvalue weighted by atomic mass is 16.5.